The molecule has 126 valence electrons. The third kappa shape index (κ3) is 3.41. The smallest absolute Gasteiger partial charge is 0.338 e. The third-order valence-electron chi connectivity index (χ3n) is 3.95. The topological polar surface area (TPSA) is 71.5 Å². The second kappa shape index (κ2) is 7.00. The third-order valence-corrected chi connectivity index (χ3v) is 4.83. The number of methoxy groups -OCH3 is 1. The van der Waals surface area contributed by atoms with Gasteiger partial charge in [-0.3, -0.25) is 4.79 Å². The van der Waals surface area contributed by atoms with Gasteiger partial charge in [0.05, 0.1) is 24.9 Å². The lowest BCUT2D eigenvalue weighted by molar-refractivity contribution is -0.115. The summed E-state index contributed by atoms with van der Waals surface area (Å²) in [6.45, 7) is 2.90. The number of amides is 1. The average Bonchev–Trinajstić information content (AvgIpc) is 2.98. The van der Waals surface area contributed by atoms with Gasteiger partial charge in [-0.15, -0.1) is 11.3 Å². The van der Waals surface area contributed by atoms with Crippen LogP contribution in [-0.2, 0) is 16.0 Å². The number of carbonyl (C=O) groups is 2. The van der Waals surface area contributed by atoms with Gasteiger partial charge in [0.1, 0.15) is 0 Å². The first kappa shape index (κ1) is 16.4. The number of fused-ring (bicyclic) bond motifs is 1. The van der Waals surface area contributed by atoms with Crippen LogP contribution in [0.15, 0.2) is 23.6 Å². The molecule has 1 aliphatic rings. The maximum atomic E-state index is 12.3. The predicted octanol–water partition coefficient (Wildman–Crippen LogP) is 2.63. The fourth-order valence-electron chi connectivity index (χ4n) is 2.91. The van der Waals surface area contributed by atoms with E-state index in [-0.39, 0.29) is 18.4 Å². The van der Waals surface area contributed by atoms with Gasteiger partial charge in [-0.25, -0.2) is 9.78 Å². The molecule has 24 heavy (non-hydrogen) atoms. The molecule has 2 aromatic rings. The molecule has 1 amide bonds. The van der Waals surface area contributed by atoms with Gasteiger partial charge in [0.25, 0.3) is 0 Å². The van der Waals surface area contributed by atoms with Crippen molar-refractivity contribution in [2.45, 2.75) is 19.8 Å². The Balaban J connectivity index is 1.77. The monoisotopic (exact) mass is 345 g/mol. The highest BCUT2D eigenvalue weighted by atomic mass is 32.1. The van der Waals surface area contributed by atoms with Crippen molar-refractivity contribution < 1.29 is 14.3 Å². The van der Waals surface area contributed by atoms with Gasteiger partial charge in [-0.05, 0) is 37.5 Å². The zero-order chi connectivity index (χ0) is 17.1. The lowest BCUT2D eigenvalue weighted by Gasteiger charge is -2.31. The Morgan fingerprint density at radius 2 is 2.25 bits per heavy atom. The van der Waals surface area contributed by atoms with Crippen molar-refractivity contribution >= 4 is 34.0 Å². The molecule has 0 bridgehead atoms. The molecule has 0 fully saturated rings. The molecule has 3 rings (SSSR count). The Hall–Kier alpha value is -2.41. The Morgan fingerprint density at radius 1 is 1.42 bits per heavy atom. The lowest BCUT2D eigenvalue weighted by atomic mass is 9.96. The van der Waals surface area contributed by atoms with Crippen LogP contribution < -0.4 is 10.2 Å². The highest BCUT2D eigenvalue weighted by Gasteiger charge is 2.24. The number of rotatable bonds is 4. The van der Waals surface area contributed by atoms with Crippen molar-refractivity contribution in [2.24, 2.45) is 0 Å². The molecule has 0 saturated heterocycles. The second-order valence-electron chi connectivity index (χ2n) is 5.66. The largest absolute Gasteiger partial charge is 0.465 e. The van der Waals surface area contributed by atoms with Crippen molar-refractivity contribution in [3.05, 3.63) is 40.4 Å². The molecule has 0 saturated carbocycles. The molecule has 1 aliphatic heterocycles. The standard InChI is InChI=1S/C17H19N3O3S/c1-11-10-24-17(18-11)19-15(21)9-20-8-4-6-12-13(16(22)23-2)5-3-7-14(12)20/h3,5,7,10H,4,6,8-9H2,1-2H3,(H,18,19,21). The fraction of sp³-hybridized carbons (Fsp3) is 0.353. The number of ether oxygens (including phenoxy) is 1. The molecule has 0 radical (unpaired) electrons. The van der Waals surface area contributed by atoms with Crippen LogP contribution in [0, 0.1) is 6.92 Å². The molecule has 0 atom stereocenters. The SMILES string of the molecule is COC(=O)c1cccc2c1CCCN2CC(=O)Nc1nc(C)cs1. The summed E-state index contributed by atoms with van der Waals surface area (Å²) in [5.74, 6) is -0.447. The van der Waals surface area contributed by atoms with Crippen molar-refractivity contribution in [1.82, 2.24) is 4.98 Å². The number of hydrogen-bond acceptors (Lipinski definition) is 6. The molecule has 0 aliphatic carbocycles. The van der Waals surface area contributed by atoms with Crippen LogP contribution in [0.25, 0.3) is 0 Å². The molecule has 1 N–H and O–H groups in total. The van der Waals surface area contributed by atoms with Crippen molar-refractivity contribution in [3.63, 3.8) is 0 Å². The van der Waals surface area contributed by atoms with Crippen molar-refractivity contribution in [2.75, 3.05) is 30.4 Å². The number of benzene rings is 1. The number of thiazole rings is 1. The van der Waals surface area contributed by atoms with Crippen LogP contribution in [0.5, 0.6) is 0 Å². The number of anilines is 2. The van der Waals surface area contributed by atoms with Gasteiger partial charge < -0.3 is 15.0 Å². The molecule has 7 heteroatoms. The van der Waals surface area contributed by atoms with E-state index in [2.05, 4.69) is 10.3 Å². The molecular weight excluding hydrogens is 326 g/mol. The van der Waals surface area contributed by atoms with Gasteiger partial charge in [0.2, 0.25) is 5.91 Å². The van der Waals surface area contributed by atoms with E-state index in [1.807, 2.05) is 29.3 Å². The first-order chi connectivity index (χ1) is 11.6. The van der Waals surface area contributed by atoms with E-state index < -0.39 is 0 Å². The normalized spacial score (nSPS) is 13.3. The molecule has 6 nitrogen and oxygen atoms in total. The Morgan fingerprint density at radius 3 is 2.96 bits per heavy atom. The van der Waals surface area contributed by atoms with Gasteiger partial charge in [0, 0.05) is 17.6 Å². The molecule has 1 aromatic heterocycles. The van der Waals surface area contributed by atoms with E-state index in [1.54, 1.807) is 6.07 Å². The maximum Gasteiger partial charge on any atom is 0.338 e. The molecular formula is C17H19N3O3S. The highest BCUT2D eigenvalue weighted by molar-refractivity contribution is 7.13. The van der Waals surface area contributed by atoms with Crippen LogP contribution in [0.1, 0.15) is 28.0 Å². The number of esters is 1. The minimum Gasteiger partial charge on any atom is -0.465 e. The highest BCUT2D eigenvalue weighted by Crippen LogP contribution is 2.30. The minimum absolute atomic E-state index is 0.110. The van der Waals surface area contributed by atoms with E-state index in [1.165, 1.54) is 18.4 Å². The average molecular weight is 345 g/mol. The summed E-state index contributed by atoms with van der Waals surface area (Å²) >= 11 is 1.41. The van der Waals surface area contributed by atoms with Gasteiger partial charge in [-0.2, -0.15) is 0 Å². The van der Waals surface area contributed by atoms with E-state index in [9.17, 15) is 9.59 Å². The zero-order valence-electron chi connectivity index (χ0n) is 13.7. The summed E-state index contributed by atoms with van der Waals surface area (Å²) in [5.41, 5.74) is 3.35. The van der Waals surface area contributed by atoms with Crippen LogP contribution in [0.3, 0.4) is 0 Å². The minimum atomic E-state index is -0.337. The van der Waals surface area contributed by atoms with E-state index in [0.717, 1.165) is 36.3 Å². The zero-order valence-corrected chi connectivity index (χ0v) is 14.5. The van der Waals surface area contributed by atoms with E-state index in [4.69, 9.17) is 4.74 Å². The summed E-state index contributed by atoms with van der Waals surface area (Å²) in [6, 6.07) is 5.54. The predicted molar refractivity (Wildman–Crippen MR) is 93.8 cm³/mol. The molecule has 0 spiro atoms. The summed E-state index contributed by atoms with van der Waals surface area (Å²) in [7, 11) is 1.38. The van der Waals surface area contributed by atoms with Gasteiger partial charge >= 0.3 is 5.97 Å². The Kier molecular flexibility index (Phi) is 4.80. The molecule has 1 aromatic carbocycles. The van der Waals surface area contributed by atoms with E-state index in [0.29, 0.717) is 10.7 Å². The first-order valence-electron chi connectivity index (χ1n) is 7.75. The fourth-order valence-corrected chi connectivity index (χ4v) is 3.61. The summed E-state index contributed by atoms with van der Waals surface area (Å²) < 4.78 is 4.86. The molecule has 2 heterocycles. The number of nitrogens with one attached hydrogen (secondary N) is 1. The summed E-state index contributed by atoms with van der Waals surface area (Å²) in [4.78, 5) is 30.5. The Labute approximate surface area is 144 Å². The number of carbonyl (C=O) groups excluding carboxylic acids is 2. The number of aromatic nitrogens is 1. The Bertz CT molecular complexity index is 772. The van der Waals surface area contributed by atoms with E-state index >= 15 is 0 Å². The maximum absolute atomic E-state index is 12.3. The number of hydrogen-bond donors (Lipinski definition) is 1. The number of aryl methyl sites for hydroxylation is 1. The van der Waals surface area contributed by atoms with Gasteiger partial charge in [0.15, 0.2) is 5.13 Å². The summed E-state index contributed by atoms with van der Waals surface area (Å²) in [6.07, 6.45) is 1.70. The second-order valence-corrected chi connectivity index (χ2v) is 6.52. The lowest BCUT2D eigenvalue weighted by Crippen LogP contribution is -2.37. The van der Waals surface area contributed by atoms with Crippen LogP contribution in [0.2, 0.25) is 0 Å². The van der Waals surface area contributed by atoms with Crippen LogP contribution in [-0.4, -0.2) is 37.1 Å². The number of nitrogens with zero attached hydrogens (tertiary/aromatic N) is 2. The van der Waals surface area contributed by atoms with Gasteiger partial charge in [-0.1, -0.05) is 6.07 Å². The van der Waals surface area contributed by atoms with Crippen LogP contribution >= 0.6 is 11.3 Å². The summed E-state index contributed by atoms with van der Waals surface area (Å²) in [5, 5.41) is 5.33. The first-order valence-corrected chi connectivity index (χ1v) is 8.63. The van der Waals surface area contributed by atoms with Crippen LogP contribution in [0.4, 0.5) is 10.8 Å². The molecule has 0 unspecified atom stereocenters. The quantitative estimate of drug-likeness (QED) is 0.863. The van der Waals surface area contributed by atoms with Crippen molar-refractivity contribution in [1.29, 1.82) is 0 Å². The van der Waals surface area contributed by atoms with Crippen molar-refractivity contribution in [3.8, 4) is 0 Å².